The van der Waals surface area contributed by atoms with Crippen LogP contribution in [0, 0.1) is 3.57 Å². The van der Waals surface area contributed by atoms with E-state index in [0.29, 0.717) is 17.0 Å². The standard InChI is InChI=1S/C19H17IN2O6S/c1-26-15-5-4-10(9-14(15)20)16(23)22-19(29)21-13-7-11(17(24)27-2)6-12(8-13)18(25)28-3/h4-9H,1-3H3,(H2,21,22,23,29). The smallest absolute Gasteiger partial charge is 0.337 e. The molecule has 0 atom stereocenters. The maximum Gasteiger partial charge on any atom is 0.337 e. The lowest BCUT2D eigenvalue weighted by molar-refractivity contribution is 0.0599. The van der Waals surface area contributed by atoms with Crippen molar-refractivity contribution in [2.24, 2.45) is 0 Å². The molecule has 2 rings (SSSR count). The first-order chi connectivity index (χ1) is 13.8. The maximum atomic E-state index is 12.4. The predicted octanol–water partition coefficient (Wildman–Crippen LogP) is 3.00. The quantitative estimate of drug-likeness (QED) is 0.347. The van der Waals surface area contributed by atoms with Crippen molar-refractivity contribution in [3.63, 3.8) is 0 Å². The summed E-state index contributed by atoms with van der Waals surface area (Å²) in [4.78, 5) is 36.1. The minimum atomic E-state index is -0.637. The van der Waals surface area contributed by atoms with Gasteiger partial charge in [-0.25, -0.2) is 9.59 Å². The van der Waals surface area contributed by atoms with Gasteiger partial charge >= 0.3 is 11.9 Å². The van der Waals surface area contributed by atoms with Gasteiger partial charge in [-0.15, -0.1) is 0 Å². The second-order valence-corrected chi connectivity index (χ2v) is 7.11. The van der Waals surface area contributed by atoms with Gasteiger partial charge in [-0.05, 0) is 71.2 Å². The zero-order valence-electron chi connectivity index (χ0n) is 15.7. The van der Waals surface area contributed by atoms with Crippen molar-refractivity contribution in [1.82, 2.24) is 5.32 Å². The Morgan fingerprint density at radius 1 is 0.897 bits per heavy atom. The van der Waals surface area contributed by atoms with Crippen LogP contribution in [0.25, 0.3) is 0 Å². The van der Waals surface area contributed by atoms with Crippen molar-refractivity contribution in [2.75, 3.05) is 26.6 Å². The maximum absolute atomic E-state index is 12.4. The number of esters is 2. The summed E-state index contributed by atoms with van der Waals surface area (Å²) < 4.78 is 15.3. The van der Waals surface area contributed by atoms with E-state index in [9.17, 15) is 14.4 Å². The SMILES string of the molecule is COC(=O)c1cc(NC(=S)NC(=O)c2ccc(OC)c(I)c2)cc(C(=O)OC)c1. The van der Waals surface area contributed by atoms with Crippen LogP contribution in [0.1, 0.15) is 31.1 Å². The largest absolute Gasteiger partial charge is 0.496 e. The monoisotopic (exact) mass is 528 g/mol. The zero-order chi connectivity index (χ0) is 21.6. The molecule has 0 bridgehead atoms. The summed E-state index contributed by atoms with van der Waals surface area (Å²) in [6, 6.07) is 9.15. The number of thiocarbonyl (C=S) groups is 1. The molecule has 0 heterocycles. The number of rotatable bonds is 5. The molecule has 2 N–H and O–H groups in total. The fourth-order valence-corrected chi connectivity index (χ4v) is 3.26. The highest BCUT2D eigenvalue weighted by atomic mass is 127. The van der Waals surface area contributed by atoms with Gasteiger partial charge in [0.1, 0.15) is 5.75 Å². The summed E-state index contributed by atoms with van der Waals surface area (Å²) in [5.74, 6) is -1.05. The zero-order valence-corrected chi connectivity index (χ0v) is 18.7. The Morgan fingerprint density at radius 2 is 1.48 bits per heavy atom. The number of halogens is 1. The number of hydrogen-bond acceptors (Lipinski definition) is 7. The molecular weight excluding hydrogens is 511 g/mol. The summed E-state index contributed by atoms with van der Waals surface area (Å²) in [6.07, 6.45) is 0. The van der Waals surface area contributed by atoms with E-state index < -0.39 is 17.8 Å². The number of carbonyl (C=O) groups excluding carboxylic acids is 3. The molecule has 0 unspecified atom stereocenters. The van der Waals surface area contributed by atoms with Crippen molar-refractivity contribution in [1.29, 1.82) is 0 Å². The first kappa shape index (κ1) is 22.6. The third-order valence-corrected chi connectivity index (χ3v) is 4.72. The molecule has 1 amide bonds. The number of hydrogen-bond donors (Lipinski definition) is 2. The molecular formula is C19H17IN2O6S. The Bertz CT molecular complexity index is 945. The summed E-state index contributed by atoms with van der Waals surface area (Å²) in [5, 5.41) is 5.30. The van der Waals surface area contributed by atoms with E-state index in [0.717, 1.165) is 3.57 Å². The van der Waals surface area contributed by atoms with Gasteiger partial charge in [0.25, 0.3) is 5.91 Å². The van der Waals surface area contributed by atoms with Crippen LogP contribution in [0.5, 0.6) is 5.75 Å². The first-order valence-electron chi connectivity index (χ1n) is 8.06. The lowest BCUT2D eigenvalue weighted by atomic mass is 10.1. The first-order valence-corrected chi connectivity index (χ1v) is 9.55. The van der Waals surface area contributed by atoms with E-state index in [-0.39, 0.29) is 16.2 Å². The van der Waals surface area contributed by atoms with E-state index in [2.05, 4.69) is 42.7 Å². The van der Waals surface area contributed by atoms with Gasteiger partial charge in [0, 0.05) is 11.3 Å². The van der Waals surface area contributed by atoms with Crippen LogP contribution in [-0.4, -0.2) is 44.3 Å². The van der Waals surface area contributed by atoms with Crippen molar-refractivity contribution < 1.29 is 28.6 Å². The van der Waals surface area contributed by atoms with Crippen LogP contribution < -0.4 is 15.4 Å². The molecule has 0 fully saturated rings. The molecule has 29 heavy (non-hydrogen) atoms. The highest BCUT2D eigenvalue weighted by Crippen LogP contribution is 2.21. The number of nitrogens with one attached hydrogen (secondary N) is 2. The van der Waals surface area contributed by atoms with E-state index >= 15 is 0 Å². The average molecular weight is 528 g/mol. The topological polar surface area (TPSA) is 103 Å². The van der Waals surface area contributed by atoms with E-state index in [1.807, 2.05) is 0 Å². The Balaban J connectivity index is 2.19. The summed E-state index contributed by atoms with van der Waals surface area (Å²) in [6.45, 7) is 0. The van der Waals surface area contributed by atoms with Gasteiger partial charge in [0.05, 0.1) is 36.0 Å². The number of benzene rings is 2. The molecule has 152 valence electrons. The second-order valence-electron chi connectivity index (χ2n) is 5.54. The van der Waals surface area contributed by atoms with Crippen LogP contribution in [-0.2, 0) is 9.47 Å². The molecule has 0 aliphatic carbocycles. The number of methoxy groups -OCH3 is 3. The minimum Gasteiger partial charge on any atom is -0.496 e. The molecule has 0 spiro atoms. The Morgan fingerprint density at radius 3 is 1.97 bits per heavy atom. The average Bonchev–Trinajstić information content (AvgIpc) is 2.71. The predicted molar refractivity (Wildman–Crippen MR) is 119 cm³/mol. The Hall–Kier alpha value is -2.73. The molecule has 8 nitrogen and oxygen atoms in total. The molecule has 0 saturated carbocycles. The summed E-state index contributed by atoms with van der Waals surface area (Å²) in [5.41, 5.74) is 0.939. The van der Waals surface area contributed by atoms with E-state index in [1.165, 1.54) is 32.4 Å². The van der Waals surface area contributed by atoms with Crippen LogP contribution in [0.2, 0.25) is 0 Å². The van der Waals surface area contributed by atoms with E-state index in [4.69, 9.17) is 17.0 Å². The summed E-state index contributed by atoms with van der Waals surface area (Å²) >= 11 is 7.22. The molecule has 0 aromatic heterocycles. The van der Waals surface area contributed by atoms with Gasteiger partial charge < -0.3 is 19.5 Å². The number of amides is 1. The number of anilines is 1. The number of carbonyl (C=O) groups is 3. The fourth-order valence-electron chi connectivity index (χ4n) is 2.32. The van der Waals surface area contributed by atoms with Crippen molar-refractivity contribution >= 4 is 63.5 Å². The van der Waals surface area contributed by atoms with Gasteiger partial charge in [0.2, 0.25) is 0 Å². The van der Waals surface area contributed by atoms with Gasteiger partial charge in [-0.2, -0.15) is 0 Å². The van der Waals surface area contributed by atoms with E-state index in [1.54, 1.807) is 25.3 Å². The van der Waals surface area contributed by atoms with Gasteiger partial charge in [-0.1, -0.05) is 0 Å². The molecule has 0 saturated heterocycles. The van der Waals surface area contributed by atoms with Crippen LogP contribution in [0.4, 0.5) is 5.69 Å². The van der Waals surface area contributed by atoms with Crippen molar-refractivity contribution in [3.05, 3.63) is 56.7 Å². The molecule has 0 aliphatic heterocycles. The number of ether oxygens (including phenoxy) is 3. The highest BCUT2D eigenvalue weighted by molar-refractivity contribution is 14.1. The molecule has 0 radical (unpaired) electrons. The van der Waals surface area contributed by atoms with Gasteiger partial charge in [0.15, 0.2) is 5.11 Å². The third-order valence-electron chi connectivity index (χ3n) is 3.67. The van der Waals surface area contributed by atoms with Crippen molar-refractivity contribution in [2.45, 2.75) is 0 Å². The molecule has 2 aromatic carbocycles. The Labute approximate surface area is 186 Å². The fraction of sp³-hybridized carbons (Fsp3) is 0.158. The lowest BCUT2D eigenvalue weighted by Crippen LogP contribution is -2.34. The van der Waals surface area contributed by atoms with Crippen LogP contribution in [0.3, 0.4) is 0 Å². The highest BCUT2D eigenvalue weighted by Gasteiger charge is 2.15. The van der Waals surface area contributed by atoms with Gasteiger partial charge in [-0.3, -0.25) is 10.1 Å². The lowest BCUT2D eigenvalue weighted by Gasteiger charge is -2.12. The summed E-state index contributed by atoms with van der Waals surface area (Å²) in [7, 11) is 3.99. The second kappa shape index (κ2) is 10.2. The third kappa shape index (κ3) is 5.87. The van der Waals surface area contributed by atoms with Crippen LogP contribution in [0.15, 0.2) is 36.4 Å². The minimum absolute atomic E-state index is 0.0151. The molecule has 0 aliphatic rings. The molecule has 10 heteroatoms. The Kier molecular flexibility index (Phi) is 7.91. The van der Waals surface area contributed by atoms with Crippen molar-refractivity contribution in [3.8, 4) is 5.75 Å². The normalized spacial score (nSPS) is 9.93. The molecule has 2 aromatic rings. The van der Waals surface area contributed by atoms with Crippen LogP contribution >= 0.6 is 34.8 Å².